The van der Waals surface area contributed by atoms with Crippen molar-refractivity contribution >= 4 is 5.91 Å². The molecule has 1 aromatic carbocycles. The smallest absolute Gasteiger partial charge is 0.255 e. The van der Waals surface area contributed by atoms with E-state index in [1.807, 2.05) is 61.1 Å². The molecule has 124 valence electrons. The van der Waals surface area contributed by atoms with E-state index in [0.29, 0.717) is 12.1 Å². The van der Waals surface area contributed by atoms with Gasteiger partial charge < -0.3 is 5.32 Å². The van der Waals surface area contributed by atoms with Crippen molar-refractivity contribution in [2.75, 3.05) is 0 Å². The first-order valence-electron chi connectivity index (χ1n) is 8.01. The highest BCUT2D eigenvalue weighted by Gasteiger charge is 2.18. The van der Waals surface area contributed by atoms with Gasteiger partial charge in [-0.15, -0.1) is 0 Å². The molecule has 0 saturated carbocycles. The molecule has 2 aromatic heterocycles. The Morgan fingerprint density at radius 1 is 1.17 bits per heavy atom. The molecule has 0 radical (unpaired) electrons. The van der Waals surface area contributed by atoms with Crippen LogP contribution in [0.3, 0.4) is 0 Å². The van der Waals surface area contributed by atoms with Crippen LogP contribution in [-0.4, -0.2) is 25.5 Å². The summed E-state index contributed by atoms with van der Waals surface area (Å²) in [6.45, 7) is 4.62. The van der Waals surface area contributed by atoms with Gasteiger partial charge in [0.15, 0.2) is 0 Å². The molecule has 6 heteroatoms. The Morgan fingerprint density at radius 3 is 2.58 bits per heavy atom. The van der Waals surface area contributed by atoms with Crippen LogP contribution in [0.25, 0.3) is 0 Å². The van der Waals surface area contributed by atoms with E-state index in [-0.39, 0.29) is 18.0 Å². The number of hydrogen-bond donors (Lipinski definition) is 1. The van der Waals surface area contributed by atoms with Gasteiger partial charge in [-0.3, -0.25) is 14.2 Å². The van der Waals surface area contributed by atoms with Crippen LogP contribution < -0.4 is 5.32 Å². The number of amides is 1. The summed E-state index contributed by atoms with van der Waals surface area (Å²) in [4.78, 5) is 12.6. The second-order valence-electron chi connectivity index (χ2n) is 5.97. The molecule has 0 aliphatic carbocycles. The third-order valence-corrected chi connectivity index (χ3v) is 3.83. The molecule has 1 amide bonds. The van der Waals surface area contributed by atoms with Crippen molar-refractivity contribution < 1.29 is 4.79 Å². The molecule has 0 unspecified atom stereocenters. The molecular formula is C18H21N5O. The van der Waals surface area contributed by atoms with Crippen LogP contribution in [0.5, 0.6) is 0 Å². The van der Waals surface area contributed by atoms with Crippen molar-refractivity contribution in [2.45, 2.75) is 32.5 Å². The van der Waals surface area contributed by atoms with Crippen molar-refractivity contribution in [3.8, 4) is 0 Å². The average Bonchev–Trinajstić information content (AvgIpc) is 3.26. The molecule has 6 nitrogen and oxygen atoms in total. The Bertz CT molecular complexity index is 777. The lowest BCUT2D eigenvalue weighted by Crippen LogP contribution is -2.31. The molecule has 0 saturated heterocycles. The second kappa shape index (κ2) is 7.12. The molecule has 2 heterocycles. The Kier molecular flexibility index (Phi) is 4.74. The summed E-state index contributed by atoms with van der Waals surface area (Å²) in [5.74, 6) is -0.136. The molecule has 0 bridgehead atoms. The number of carbonyl (C=O) groups excluding carboxylic acids is 1. The SMILES string of the molecule is CC(C)n1cc(C(=O)N[C@H](Cn2cccn2)c2ccccc2)cn1. The van der Waals surface area contributed by atoms with Crippen LogP contribution in [0.1, 0.15) is 41.9 Å². The van der Waals surface area contributed by atoms with Gasteiger partial charge in [0.25, 0.3) is 5.91 Å². The highest BCUT2D eigenvalue weighted by molar-refractivity contribution is 5.93. The largest absolute Gasteiger partial charge is 0.343 e. The van der Waals surface area contributed by atoms with Gasteiger partial charge >= 0.3 is 0 Å². The number of rotatable bonds is 6. The zero-order valence-electron chi connectivity index (χ0n) is 13.8. The van der Waals surface area contributed by atoms with E-state index in [2.05, 4.69) is 15.5 Å². The van der Waals surface area contributed by atoms with Crippen LogP contribution in [0, 0.1) is 0 Å². The van der Waals surface area contributed by atoms with Crippen molar-refractivity contribution in [3.63, 3.8) is 0 Å². The van der Waals surface area contributed by atoms with Gasteiger partial charge in [-0.2, -0.15) is 10.2 Å². The Labute approximate surface area is 141 Å². The molecule has 0 aliphatic heterocycles. The lowest BCUT2D eigenvalue weighted by Gasteiger charge is -2.19. The van der Waals surface area contributed by atoms with Crippen LogP contribution in [0.15, 0.2) is 61.2 Å². The number of carbonyl (C=O) groups is 1. The van der Waals surface area contributed by atoms with Crippen molar-refractivity contribution in [1.29, 1.82) is 0 Å². The van der Waals surface area contributed by atoms with Crippen molar-refractivity contribution in [2.24, 2.45) is 0 Å². The van der Waals surface area contributed by atoms with E-state index in [4.69, 9.17) is 0 Å². The standard InChI is InChI=1S/C18H21N5O/c1-14(2)23-12-16(11-20-23)18(24)21-17(13-22-10-6-9-19-22)15-7-4-3-5-8-15/h3-12,14,17H,13H2,1-2H3,(H,21,24)/t17-/m1/s1. The maximum absolute atomic E-state index is 12.6. The summed E-state index contributed by atoms with van der Waals surface area (Å²) < 4.78 is 3.59. The summed E-state index contributed by atoms with van der Waals surface area (Å²) in [7, 11) is 0. The molecule has 24 heavy (non-hydrogen) atoms. The van der Waals surface area contributed by atoms with Gasteiger partial charge in [0.1, 0.15) is 0 Å². The first-order chi connectivity index (χ1) is 11.6. The fourth-order valence-electron chi connectivity index (χ4n) is 2.49. The molecule has 0 spiro atoms. The lowest BCUT2D eigenvalue weighted by molar-refractivity contribution is 0.0931. The number of nitrogens with one attached hydrogen (secondary N) is 1. The molecule has 0 fully saturated rings. The quantitative estimate of drug-likeness (QED) is 0.758. The normalized spacial score (nSPS) is 12.3. The van der Waals surface area contributed by atoms with Crippen molar-refractivity contribution in [3.05, 3.63) is 72.3 Å². The summed E-state index contributed by atoms with van der Waals surface area (Å²) in [6.07, 6.45) is 7.00. The minimum absolute atomic E-state index is 0.136. The van der Waals surface area contributed by atoms with Gasteiger partial charge in [-0.1, -0.05) is 30.3 Å². The first-order valence-corrected chi connectivity index (χ1v) is 8.01. The Morgan fingerprint density at radius 2 is 1.96 bits per heavy atom. The number of aromatic nitrogens is 4. The third-order valence-electron chi connectivity index (χ3n) is 3.83. The lowest BCUT2D eigenvalue weighted by atomic mass is 10.1. The van der Waals surface area contributed by atoms with Crippen LogP contribution >= 0.6 is 0 Å². The number of hydrogen-bond acceptors (Lipinski definition) is 3. The van der Waals surface area contributed by atoms with Gasteiger partial charge in [0, 0.05) is 24.6 Å². The average molecular weight is 323 g/mol. The third kappa shape index (κ3) is 3.71. The van der Waals surface area contributed by atoms with Gasteiger partial charge in [0.2, 0.25) is 0 Å². The topological polar surface area (TPSA) is 64.7 Å². The van der Waals surface area contributed by atoms with E-state index in [9.17, 15) is 4.79 Å². The predicted octanol–water partition coefficient (Wildman–Crippen LogP) is 2.83. The van der Waals surface area contributed by atoms with Crippen LogP contribution in [0.2, 0.25) is 0 Å². The first kappa shape index (κ1) is 16.0. The predicted molar refractivity (Wildman–Crippen MR) is 91.5 cm³/mol. The Hall–Kier alpha value is -2.89. The van der Waals surface area contributed by atoms with E-state index in [1.54, 1.807) is 23.3 Å². The summed E-state index contributed by atoms with van der Waals surface area (Å²) in [6, 6.07) is 11.8. The second-order valence-corrected chi connectivity index (χ2v) is 5.97. The zero-order chi connectivity index (χ0) is 16.9. The zero-order valence-corrected chi connectivity index (χ0v) is 13.8. The molecule has 1 atom stereocenters. The van der Waals surface area contributed by atoms with Gasteiger partial charge in [-0.25, -0.2) is 0 Å². The van der Waals surface area contributed by atoms with Gasteiger partial charge in [-0.05, 0) is 25.5 Å². The minimum Gasteiger partial charge on any atom is -0.343 e. The maximum atomic E-state index is 12.6. The minimum atomic E-state index is -0.166. The highest BCUT2D eigenvalue weighted by Crippen LogP contribution is 2.16. The molecule has 1 N–H and O–H groups in total. The van der Waals surface area contributed by atoms with Crippen LogP contribution in [0.4, 0.5) is 0 Å². The van der Waals surface area contributed by atoms with Crippen molar-refractivity contribution in [1.82, 2.24) is 24.9 Å². The molecule has 3 aromatic rings. The monoisotopic (exact) mass is 323 g/mol. The van der Waals surface area contributed by atoms with Gasteiger partial charge in [0.05, 0.1) is 24.3 Å². The summed E-state index contributed by atoms with van der Waals surface area (Å²) in [5.41, 5.74) is 1.60. The fraction of sp³-hybridized carbons (Fsp3) is 0.278. The fourth-order valence-corrected chi connectivity index (χ4v) is 2.49. The molecular weight excluding hydrogens is 302 g/mol. The molecule has 3 rings (SSSR count). The van der Waals surface area contributed by atoms with E-state index < -0.39 is 0 Å². The summed E-state index contributed by atoms with van der Waals surface area (Å²) in [5, 5.41) is 11.6. The molecule has 0 aliphatic rings. The Balaban J connectivity index is 1.79. The maximum Gasteiger partial charge on any atom is 0.255 e. The highest BCUT2D eigenvalue weighted by atomic mass is 16.1. The summed E-state index contributed by atoms with van der Waals surface area (Å²) >= 11 is 0. The van der Waals surface area contributed by atoms with E-state index in [1.165, 1.54) is 0 Å². The number of nitrogens with zero attached hydrogens (tertiary/aromatic N) is 4. The van der Waals surface area contributed by atoms with E-state index >= 15 is 0 Å². The number of benzene rings is 1. The van der Waals surface area contributed by atoms with Crippen LogP contribution in [-0.2, 0) is 6.54 Å². The van der Waals surface area contributed by atoms with E-state index in [0.717, 1.165) is 5.56 Å².